The van der Waals surface area contributed by atoms with Crippen molar-refractivity contribution in [1.82, 2.24) is 9.55 Å². The summed E-state index contributed by atoms with van der Waals surface area (Å²) in [5.41, 5.74) is 1.23. The molecule has 2 aromatic rings. The van der Waals surface area contributed by atoms with Crippen molar-refractivity contribution in [1.29, 1.82) is 0 Å². The van der Waals surface area contributed by atoms with Crippen LogP contribution in [0.3, 0.4) is 0 Å². The van der Waals surface area contributed by atoms with Gasteiger partial charge in [0.25, 0.3) is 5.56 Å². The summed E-state index contributed by atoms with van der Waals surface area (Å²) >= 11 is 1.82. The Morgan fingerprint density at radius 3 is 3.00 bits per heavy atom. The Labute approximate surface area is 114 Å². The van der Waals surface area contributed by atoms with E-state index in [0.29, 0.717) is 18.0 Å². The fraction of sp³-hybridized carbons (Fsp3) is 0.286. The van der Waals surface area contributed by atoms with Crippen LogP contribution in [0.4, 0.5) is 0 Å². The third-order valence-corrected chi connectivity index (χ3v) is 4.66. The Morgan fingerprint density at radius 2 is 2.16 bits per heavy atom. The lowest BCUT2D eigenvalue weighted by atomic mass is 10.0. The molecule has 1 aliphatic rings. The van der Waals surface area contributed by atoms with Crippen molar-refractivity contribution in [3.63, 3.8) is 0 Å². The molecule has 3 rings (SSSR count). The van der Waals surface area contributed by atoms with Crippen LogP contribution in [0.25, 0.3) is 0 Å². The number of rotatable bonds is 2. The highest BCUT2D eigenvalue weighted by Crippen LogP contribution is 2.39. The molecule has 0 radical (unpaired) electrons. The van der Waals surface area contributed by atoms with E-state index >= 15 is 0 Å². The van der Waals surface area contributed by atoms with Gasteiger partial charge in [0, 0.05) is 34.9 Å². The number of nitrogens with zero attached hydrogens (tertiary/aromatic N) is 1. The number of aromatic amines is 1. The molecule has 0 fully saturated rings. The van der Waals surface area contributed by atoms with Crippen LogP contribution in [0.2, 0.25) is 0 Å². The highest BCUT2D eigenvalue weighted by atomic mass is 32.2. The van der Waals surface area contributed by atoms with Gasteiger partial charge in [-0.05, 0) is 18.6 Å². The lowest BCUT2D eigenvalue weighted by molar-refractivity contribution is 0.571. The van der Waals surface area contributed by atoms with Crippen LogP contribution in [0, 0.1) is 6.92 Å². The van der Waals surface area contributed by atoms with Gasteiger partial charge in [0.15, 0.2) is 0 Å². The predicted molar refractivity (Wildman–Crippen MR) is 76.0 cm³/mol. The Morgan fingerprint density at radius 1 is 1.37 bits per heavy atom. The largest absolute Gasteiger partial charge is 0.328 e. The molecule has 2 heterocycles. The second kappa shape index (κ2) is 4.74. The van der Waals surface area contributed by atoms with E-state index in [1.54, 1.807) is 17.7 Å². The molecule has 0 bridgehead atoms. The molecule has 0 spiro atoms. The van der Waals surface area contributed by atoms with Gasteiger partial charge in [0.05, 0.1) is 0 Å². The van der Waals surface area contributed by atoms with E-state index in [4.69, 9.17) is 0 Å². The molecule has 1 N–H and O–H groups in total. The van der Waals surface area contributed by atoms with Crippen LogP contribution in [-0.2, 0) is 6.54 Å². The Balaban J connectivity index is 1.94. The van der Waals surface area contributed by atoms with E-state index < -0.39 is 0 Å². The maximum Gasteiger partial charge on any atom is 0.328 e. The minimum Gasteiger partial charge on any atom is -0.300 e. The fourth-order valence-electron chi connectivity index (χ4n) is 2.37. The Kier molecular flexibility index (Phi) is 3.06. The Bertz CT molecular complexity index is 733. The summed E-state index contributed by atoms with van der Waals surface area (Å²) < 4.78 is 1.60. The van der Waals surface area contributed by atoms with Crippen molar-refractivity contribution < 1.29 is 0 Å². The maximum absolute atomic E-state index is 11.8. The van der Waals surface area contributed by atoms with Crippen molar-refractivity contribution in [2.45, 2.75) is 24.3 Å². The van der Waals surface area contributed by atoms with Gasteiger partial charge in [-0.3, -0.25) is 14.3 Å². The maximum atomic E-state index is 11.8. The van der Waals surface area contributed by atoms with Crippen LogP contribution in [-0.4, -0.2) is 15.3 Å². The summed E-state index contributed by atoms with van der Waals surface area (Å²) in [5, 5.41) is 0. The van der Waals surface area contributed by atoms with Gasteiger partial charge < -0.3 is 0 Å². The third kappa shape index (κ3) is 2.26. The zero-order chi connectivity index (χ0) is 13.4. The molecule has 98 valence electrons. The van der Waals surface area contributed by atoms with E-state index in [0.717, 1.165) is 5.75 Å². The smallest absolute Gasteiger partial charge is 0.300 e. The highest BCUT2D eigenvalue weighted by molar-refractivity contribution is 7.99. The number of H-pyrrole nitrogens is 1. The van der Waals surface area contributed by atoms with Gasteiger partial charge in [-0.2, -0.15) is 0 Å². The number of aryl methyl sites for hydroxylation is 1. The normalized spacial score (nSPS) is 17.4. The van der Waals surface area contributed by atoms with Crippen molar-refractivity contribution in [2.75, 3.05) is 5.75 Å². The second-order valence-electron chi connectivity index (χ2n) is 4.77. The minimum atomic E-state index is -0.329. The van der Waals surface area contributed by atoms with Crippen LogP contribution < -0.4 is 11.2 Å². The number of hydrogen-bond acceptors (Lipinski definition) is 3. The lowest BCUT2D eigenvalue weighted by Gasteiger charge is -2.12. The average molecular weight is 274 g/mol. The first kappa shape index (κ1) is 12.3. The van der Waals surface area contributed by atoms with Gasteiger partial charge in [-0.15, -0.1) is 11.8 Å². The molecule has 4 nitrogen and oxygen atoms in total. The van der Waals surface area contributed by atoms with Crippen LogP contribution in [0.5, 0.6) is 0 Å². The zero-order valence-electron chi connectivity index (χ0n) is 10.6. The van der Waals surface area contributed by atoms with Crippen molar-refractivity contribution in [3.8, 4) is 0 Å². The van der Waals surface area contributed by atoms with Crippen LogP contribution >= 0.6 is 11.8 Å². The first-order chi connectivity index (χ1) is 9.15. The summed E-state index contributed by atoms with van der Waals surface area (Å²) in [6.07, 6.45) is 1.65. The van der Waals surface area contributed by atoms with Gasteiger partial charge in [-0.25, -0.2) is 4.79 Å². The molecule has 1 aromatic heterocycles. The topological polar surface area (TPSA) is 54.9 Å². The predicted octanol–water partition coefficient (Wildman–Crippen LogP) is 1.73. The first-order valence-electron chi connectivity index (χ1n) is 6.17. The van der Waals surface area contributed by atoms with Gasteiger partial charge in [-0.1, -0.05) is 18.2 Å². The van der Waals surface area contributed by atoms with Crippen molar-refractivity contribution >= 4 is 11.8 Å². The molecule has 1 aromatic carbocycles. The van der Waals surface area contributed by atoms with Gasteiger partial charge in [0.2, 0.25) is 0 Å². The summed E-state index contributed by atoms with van der Waals surface area (Å²) in [7, 11) is 0. The fourth-order valence-corrected chi connectivity index (χ4v) is 3.61. The minimum absolute atomic E-state index is 0.303. The zero-order valence-corrected chi connectivity index (χ0v) is 11.4. The molecule has 0 aliphatic carbocycles. The lowest BCUT2D eigenvalue weighted by Crippen LogP contribution is -2.32. The first-order valence-corrected chi connectivity index (χ1v) is 7.16. The number of thioether (sulfide) groups is 1. The van der Waals surface area contributed by atoms with Crippen molar-refractivity contribution in [3.05, 3.63) is 62.4 Å². The summed E-state index contributed by atoms with van der Waals surface area (Å²) in [6, 6.07) is 8.29. The highest BCUT2D eigenvalue weighted by Gasteiger charge is 2.23. The number of aromatic nitrogens is 2. The standard InChI is InChI=1S/C14H14N2O2S/c1-9-6-16(14(18)15-13(9)17)7-10-8-19-12-5-3-2-4-11(10)12/h2-6,10H,7-8H2,1H3,(H,15,17,18). The molecule has 1 atom stereocenters. The number of benzene rings is 1. The van der Waals surface area contributed by atoms with E-state index in [1.807, 2.05) is 23.9 Å². The molecule has 0 saturated carbocycles. The third-order valence-electron chi connectivity index (χ3n) is 3.40. The van der Waals surface area contributed by atoms with Gasteiger partial charge in [0.1, 0.15) is 0 Å². The molecule has 1 unspecified atom stereocenters. The van der Waals surface area contributed by atoms with E-state index in [1.165, 1.54) is 10.5 Å². The van der Waals surface area contributed by atoms with Crippen LogP contribution in [0.1, 0.15) is 17.0 Å². The van der Waals surface area contributed by atoms with Gasteiger partial charge >= 0.3 is 5.69 Å². The Hall–Kier alpha value is -1.75. The van der Waals surface area contributed by atoms with Crippen LogP contribution in [0.15, 0.2) is 44.9 Å². The molecular formula is C14H14N2O2S. The molecule has 5 heteroatoms. The molecule has 0 saturated heterocycles. The summed E-state index contributed by atoms with van der Waals surface area (Å²) in [6.45, 7) is 2.33. The number of fused-ring (bicyclic) bond motifs is 1. The molecule has 1 aliphatic heterocycles. The molecule has 19 heavy (non-hydrogen) atoms. The van der Waals surface area contributed by atoms with E-state index in [2.05, 4.69) is 17.1 Å². The van der Waals surface area contributed by atoms with E-state index in [-0.39, 0.29) is 11.2 Å². The SMILES string of the molecule is Cc1cn(CC2CSc3ccccc32)c(=O)[nH]c1=O. The number of hydrogen-bond donors (Lipinski definition) is 1. The second-order valence-corrected chi connectivity index (χ2v) is 5.83. The summed E-state index contributed by atoms with van der Waals surface area (Å²) in [4.78, 5) is 26.8. The molecular weight excluding hydrogens is 260 g/mol. The number of nitrogens with one attached hydrogen (secondary N) is 1. The quantitative estimate of drug-likeness (QED) is 0.907. The van der Waals surface area contributed by atoms with Crippen molar-refractivity contribution in [2.24, 2.45) is 0 Å². The average Bonchev–Trinajstić information content (AvgIpc) is 2.80. The summed E-state index contributed by atoms with van der Waals surface area (Å²) in [5.74, 6) is 1.30. The monoisotopic (exact) mass is 274 g/mol. The van der Waals surface area contributed by atoms with E-state index in [9.17, 15) is 9.59 Å². The molecule has 0 amide bonds.